The van der Waals surface area contributed by atoms with Crippen LogP contribution in [-0.2, 0) is 18.8 Å². The number of benzene rings is 4. The molecule has 6 rings (SSSR count). The summed E-state index contributed by atoms with van der Waals surface area (Å²) < 4.78 is 87.8. The highest BCUT2D eigenvalue weighted by molar-refractivity contribution is 5.81. The highest BCUT2D eigenvalue weighted by Crippen LogP contribution is 2.32. The Kier molecular flexibility index (Phi) is 6.63. The third kappa shape index (κ3) is 5.63. The van der Waals surface area contributed by atoms with E-state index < -0.39 is 34.7 Å². The maximum Gasteiger partial charge on any atom is 0.416 e. The first-order chi connectivity index (χ1) is 20.3. The summed E-state index contributed by atoms with van der Waals surface area (Å²) in [5.74, 6) is -0.244. The number of nitrogens with zero attached hydrogens (tertiary/aromatic N) is 2. The largest absolute Gasteiger partial charge is 0.416 e. The van der Waals surface area contributed by atoms with E-state index in [1.165, 1.54) is 24.3 Å². The Morgan fingerprint density at radius 1 is 0.535 bits per heavy atom. The van der Waals surface area contributed by atoms with Gasteiger partial charge < -0.3 is 8.83 Å². The Hall–Kier alpha value is -5.26. The zero-order valence-electron chi connectivity index (χ0n) is 21.6. The third-order valence-corrected chi connectivity index (χ3v) is 6.71. The van der Waals surface area contributed by atoms with E-state index in [1.54, 1.807) is 36.4 Å². The molecule has 0 radical (unpaired) electrons. The zero-order chi connectivity index (χ0) is 30.5. The highest BCUT2D eigenvalue weighted by atomic mass is 19.4. The minimum absolute atomic E-state index is 0.122. The molecule has 6 aromatic rings. The van der Waals surface area contributed by atoms with Crippen molar-refractivity contribution < 1.29 is 35.2 Å². The lowest BCUT2D eigenvalue weighted by molar-refractivity contribution is -0.138. The molecular formula is C31H16F6N2O4. The van der Waals surface area contributed by atoms with Crippen molar-refractivity contribution in [3.8, 4) is 22.9 Å². The topological polar surface area (TPSA) is 86.2 Å². The molecule has 216 valence electrons. The van der Waals surface area contributed by atoms with E-state index >= 15 is 0 Å². The maximum absolute atomic E-state index is 12.9. The smallest absolute Gasteiger partial charge is 0.403 e. The van der Waals surface area contributed by atoms with Crippen LogP contribution in [0.2, 0.25) is 0 Å². The van der Waals surface area contributed by atoms with Crippen LogP contribution in [0.1, 0.15) is 22.3 Å². The molecule has 0 aliphatic rings. The number of alkyl halides is 6. The van der Waals surface area contributed by atoms with Gasteiger partial charge in [0.1, 0.15) is 0 Å². The van der Waals surface area contributed by atoms with Crippen molar-refractivity contribution >= 4 is 21.8 Å². The molecule has 43 heavy (non-hydrogen) atoms. The molecule has 0 aliphatic heterocycles. The lowest BCUT2D eigenvalue weighted by Crippen LogP contribution is -2.06. The number of fused-ring (bicyclic) bond motifs is 2. The van der Waals surface area contributed by atoms with Crippen LogP contribution in [0.25, 0.3) is 44.7 Å². The van der Waals surface area contributed by atoms with Crippen molar-refractivity contribution in [1.29, 1.82) is 0 Å². The van der Waals surface area contributed by atoms with Crippen molar-refractivity contribution in [3.05, 3.63) is 128 Å². The fourth-order valence-electron chi connectivity index (χ4n) is 4.54. The highest BCUT2D eigenvalue weighted by Gasteiger charge is 2.31. The number of halogens is 6. The van der Waals surface area contributed by atoms with Gasteiger partial charge in [0.15, 0.2) is 0 Å². The molecule has 2 heterocycles. The fourth-order valence-corrected chi connectivity index (χ4v) is 4.54. The molecule has 0 N–H and O–H groups in total. The molecule has 12 heteroatoms. The van der Waals surface area contributed by atoms with Crippen LogP contribution in [0.5, 0.6) is 0 Å². The van der Waals surface area contributed by atoms with E-state index in [4.69, 9.17) is 8.83 Å². The van der Waals surface area contributed by atoms with Crippen LogP contribution in [0.4, 0.5) is 26.3 Å². The Labute approximate surface area is 236 Å². The summed E-state index contributed by atoms with van der Waals surface area (Å²) >= 11 is 0. The zero-order valence-corrected chi connectivity index (χ0v) is 21.6. The summed E-state index contributed by atoms with van der Waals surface area (Å²) in [5, 5.41) is 0.327. The fraction of sp³-hybridized carbons (Fsp3) is 0.0968. The minimum atomic E-state index is -4.50. The van der Waals surface area contributed by atoms with Gasteiger partial charge in [-0.25, -0.2) is 19.6 Å². The van der Waals surface area contributed by atoms with Gasteiger partial charge in [0.05, 0.1) is 32.9 Å². The van der Waals surface area contributed by atoms with Crippen molar-refractivity contribution in [2.75, 3.05) is 0 Å². The van der Waals surface area contributed by atoms with Crippen LogP contribution < -0.4 is 11.3 Å². The molecule has 0 atom stereocenters. The van der Waals surface area contributed by atoms with Gasteiger partial charge in [-0.15, -0.1) is 0 Å². The number of hydrogen-bond donors (Lipinski definition) is 0. The average molecular weight is 594 g/mol. The molecule has 2 aromatic heterocycles. The normalized spacial score (nSPS) is 12.2. The SMILES string of the molecule is O=c1oc(-c2ccc(C(F)(F)F)cc2)nc2ccc(Cc3ccc4nc(-c5ccc(C(F)(F)F)cc5)oc(=O)c4c3)cc12. The number of hydrogen-bond acceptors (Lipinski definition) is 6. The molecule has 0 bridgehead atoms. The second kappa shape index (κ2) is 10.2. The van der Waals surface area contributed by atoms with Crippen molar-refractivity contribution in [3.63, 3.8) is 0 Å². The second-order valence-corrected chi connectivity index (χ2v) is 9.64. The van der Waals surface area contributed by atoms with Gasteiger partial charge in [-0.05, 0) is 90.3 Å². The lowest BCUT2D eigenvalue weighted by Gasteiger charge is -2.08. The lowest BCUT2D eigenvalue weighted by atomic mass is 10.0. The summed E-state index contributed by atoms with van der Waals surface area (Å²) in [5.41, 5.74) is -0.771. The Morgan fingerprint density at radius 3 is 1.26 bits per heavy atom. The monoisotopic (exact) mass is 594 g/mol. The Balaban J connectivity index is 1.26. The van der Waals surface area contributed by atoms with Gasteiger partial charge >= 0.3 is 23.6 Å². The second-order valence-electron chi connectivity index (χ2n) is 9.64. The average Bonchev–Trinajstić information content (AvgIpc) is 2.97. The number of aromatic nitrogens is 2. The standard InChI is InChI=1S/C31H16F6N2O4/c32-30(33,34)20-7-3-18(4-8-20)26-38-24-11-1-16(14-22(24)28(40)42-26)13-17-2-12-25-23(15-17)29(41)43-27(39-25)19-5-9-21(10-6-19)31(35,36)37/h1-12,14-15H,13H2. The van der Waals surface area contributed by atoms with Crippen molar-refractivity contribution in [2.45, 2.75) is 18.8 Å². The van der Waals surface area contributed by atoms with Gasteiger partial charge in [-0.1, -0.05) is 12.1 Å². The Bertz CT molecular complexity index is 1960. The third-order valence-electron chi connectivity index (χ3n) is 6.71. The minimum Gasteiger partial charge on any atom is -0.403 e. The van der Waals surface area contributed by atoms with Crippen LogP contribution >= 0.6 is 0 Å². The molecule has 0 spiro atoms. The van der Waals surface area contributed by atoms with E-state index in [9.17, 15) is 35.9 Å². The maximum atomic E-state index is 12.9. The van der Waals surface area contributed by atoms with Gasteiger partial charge in [-0.3, -0.25) is 0 Å². The van der Waals surface area contributed by atoms with Gasteiger partial charge in [0.25, 0.3) is 0 Å². The van der Waals surface area contributed by atoms with E-state index in [-0.39, 0.29) is 44.7 Å². The first kappa shape index (κ1) is 27.9. The quantitative estimate of drug-likeness (QED) is 0.195. The first-order valence-corrected chi connectivity index (χ1v) is 12.6. The van der Waals surface area contributed by atoms with Crippen molar-refractivity contribution in [1.82, 2.24) is 9.97 Å². The van der Waals surface area contributed by atoms with E-state index in [2.05, 4.69) is 9.97 Å². The predicted molar refractivity (Wildman–Crippen MR) is 144 cm³/mol. The van der Waals surface area contributed by atoms with Crippen molar-refractivity contribution in [2.24, 2.45) is 0 Å². The molecule has 4 aromatic carbocycles. The van der Waals surface area contributed by atoms with E-state index in [1.807, 2.05) is 0 Å². The van der Waals surface area contributed by atoms with E-state index in [0.29, 0.717) is 17.5 Å². The van der Waals surface area contributed by atoms with E-state index in [0.717, 1.165) is 24.3 Å². The van der Waals surface area contributed by atoms with Crippen LogP contribution in [0.3, 0.4) is 0 Å². The van der Waals surface area contributed by atoms with Gasteiger partial charge in [-0.2, -0.15) is 26.3 Å². The molecule has 0 unspecified atom stereocenters. The number of rotatable bonds is 4. The van der Waals surface area contributed by atoms with Crippen LogP contribution in [0, 0.1) is 0 Å². The molecule has 0 amide bonds. The summed E-state index contributed by atoms with van der Waals surface area (Å²) in [6.45, 7) is 0. The van der Waals surface area contributed by atoms with Crippen LogP contribution in [-0.4, -0.2) is 9.97 Å². The molecule has 6 nitrogen and oxygen atoms in total. The molecule has 0 saturated carbocycles. The van der Waals surface area contributed by atoms with Gasteiger partial charge in [0, 0.05) is 11.1 Å². The Morgan fingerprint density at radius 2 is 0.907 bits per heavy atom. The first-order valence-electron chi connectivity index (χ1n) is 12.6. The summed E-state index contributed by atoms with van der Waals surface area (Å²) in [6, 6.07) is 17.9. The van der Waals surface area contributed by atoms with Gasteiger partial charge in [0.2, 0.25) is 11.8 Å². The molecule has 0 aliphatic carbocycles. The predicted octanol–water partition coefficient (Wildman–Crippen LogP) is 7.65. The molecular weight excluding hydrogens is 578 g/mol. The summed E-state index contributed by atoms with van der Waals surface area (Å²) in [4.78, 5) is 34.0. The molecule has 0 saturated heterocycles. The summed E-state index contributed by atoms with van der Waals surface area (Å²) in [7, 11) is 0. The van der Waals surface area contributed by atoms with Crippen LogP contribution in [0.15, 0.2) is 103 Å². The molecule has 0 fully saturated rings. The summed E-state index contributed by atoms with van der Waals surface area (Å²) in [6.07, 6.45) is -8.71.